The Hall–Kier alpha value is -1.21. The third kappa shape index (κ3) is 2.39. The smallest absolute Gasteiger partial charge is 0.296 e. The number of aldehydes is 1. The maximum atomic E-state index is 12.1. The lowest BCUT2D eigenvalue weighted by atomic mass is 9.96. The molecular formula is C10H17N3O3S. The summed E-state index contributed by atoms with van der Waals surface area (Å²) in [5.41, 5.74) is -0.437. The highest BCUT2D eigenvalue weighted by Crippen LogP contribution is 2.23. The van der Waals surface area contributed by atoms with E-state index in [0.717, 1.165) is 8.28 Å². The van der Waals surface area contributed by atoms with Crippen LogP contribution in [0, 0.1) is 0 Å². The Balaban J connectivity index is 3.61. The van der Waals surface area contributed by atoms with Crippen molar-refractivity contribution in [2.24, 2.45) is 0 Å². The number of aromatic nitrogens is 2. The molecule has 7 heteroatoms. The minimum Gasteiger partial charge on any atom is -0.296 e. The molecule has 96 valence electrons. The van der Waals surface area contributed by atoms with Crippen LogP contribution in [0.25, 0.3) is 0 Å². The monoisotopic (exact) mass is 259 g/mol. The van der Waals surface area contributed by atoms with Crippen LogP contribution in [0.3, 0.4) is 0 Å². The second kappa shape index (κ2) is 4.23. The van der Waals surface area contributed by atoms with E-state index in [-0.39, 0.29) is 5.69 Å². The average molecular weight is 259 g/mol. The molecule has 6 nitrogen and oxygen atoms in total. The zero-order valence-electron chi connectivity index (χ0n) is 10.6. The zero-order valence-corrected chi connectivity index (χ0v) is 11.4. The summed E-state index contributed by atoms with van der Waals surface area (Å²) >= 11 is 0. The molecule has 0 saturated heterocycles. The molecular weight excluding hydrogens is 242 g/mol. The Morgan fingerprint density at radius 3 is 2.24 bits per heavy atom. The Morgan fingerprint density at radius 1 is 1.35 bits per heavy atom. The van der Waals surface area contributed by atoms with E-state index in [1.54, 1.807) is 0 Å². The van der Waals surface area contributed by atoms with Gasteiger partial charge in [-0.05, 0) is 0 Å². The highest BCUT2D eigenvalue weighted by molar-refractivity contribution is 7.87. The molecule has 0 radical (unpaired) electrons. The molecule has 0 aliphatic rings. The summed E-state index contributed by atoms with van der Waals surface area (Å²) in [6.07, 6.45) is 1.76. The quantitative estimate of drug-likeness (QED) is 0.747. The van der Waals surface area contributed by atoms with E-state index < -0.39 is 15.6 Å². The van der Waals surface area contributed by atoms with Crippen LogP contribution in [0.2, 0.25) is 0 Å². The predicted molar refractivity (Wildman–Crippen MR) is 64.3 cm³/mol. The number of carbonyl (C=O) groups excluding carboxylic acids is 1. The standard InChI is InChI=1S/C10H17N3O3S/c1-10(2,3)9-11-6-8(7-14)13(9)17(15,16)12(4)5/h6-7H,1-5H3. The summed E-state index contributed by atoms with van der Waals surface area (Å²) in [5.74, 6) is 0.341. The lowest BCUT2D eigenvalue weighted by molar-refractivity contribution is 0.111. The molecule has 0 aromatic carbocycles. The number of imidazole rings is 1. The third-order valence-electron chi connectivity index (χ3n) is 2.23. The van der Waals surface area contributed by atoms with Crippen molar-refractivity contribution in [2.75, 3.05) is 14.1 Å². The van der Waals surface area contributed by atoms with E-state index in [1.165, 1.54) is 20.3 Å². The van der Waals surface area contributed by atoms with E-state index in [4.69, 9.17) is 0 Å². The molecule has 1 aromatic heterocycles. The molecule has 0 amide bonds. The van der Waals surface area contributed by atoms with Gasteiger partial charge in [0.05, 0.1) is 6.20 Å². The largest absolute Gasteiger partial charge is 0.309 e. The van der Waals surface area contributed by atoms with Gasteiger partial charge in [0, 0.05) is 19.5 Å². The third-order valence-corrected chi connectivity index (χ3v) is 4.00. The molecule has 0 bridgehead atoms. The molecule has 1 aromatic rings. The molecule has 0 fully saturated rings. The Bertz CT molecular complexity index is 523. The highest BCUT2D eigenvalue weighted by Gasteiger charge is 2.30. The van der Waals surface area contributed by atoms with Crippen LogP contribution in [0.15, 0.2) is 6.20 Å². The first-order valence-electron chi connectivity index (χ1n) is 5.08. The zero-order chi connectivity index (χ0) is 13.4. The maximum Gasteiger partial charge on any atom is 0.309 e. The number of nitrogens with zero attached hydrogens (tertiary/aromatic N) is 3. The fourth-order valence-corrected chi connectivity index (χ4v) is 2.56. The van der Waals surface area contributed by atoms with E-state index in [9.17, 15) is 13.2 Å². The van der Waals surface area contributed by atoms with Gasteiger partial charge in [0.2, 0.25) is 0 Å². The van der Waals surface area contributed by atoms with E-state index >= 15 is 0 Å². The van der Waals surface area contributed by atoms with Crippen LogP contribution in [-0.4, -0.2) is 42.1 Å². The van der Waals surface area contributed by atoms with Crippen LogP contribution in [0.4, 0.5) is 0 Å². The van der Waals surface area contributed by atoms with Crippen molar-refractivity contribution >= 4 is 16.5 Å². The molecule has 0 saturated carbocycles. The first-order valence-corrected chi connectivity index (χ1v) is 6.48. The highest BCUT2D eigenvalue weighted by atomic mass is 32.2. The first kappa shape index (κ1) is 13.9. The molecule has 17 heavy (non-hydrogen) atoms. The number of rotatable bonds is 3. The molecule has 0 atom stereocenters. The summed E-state index contributed by atoms with van der Waals surface area (Å²) in [4.78, 5) is 14.9. The van der Waals surface area contributed by atoms with Gasteiger partial charge in [0.1, 0.15) is 11.5 Å². The SMILES string of the molecule is CN(C)S(=O)(=O)n1c(C=O)cnc1C(C)(C)C. The second-order valence-corrected chi connectivity index (χ2v) is 6.92. The van der Waals surface area contributed by atoms with Crippen molar-refractivity contribution in [3.63, 3.8) is 0 Å². The van der Waals surface area contributed by atoms with Crippen LogP contribution in [0.5, 0.6) is 0 Å². The van der Waals surface area contributed by atoms with E-state index in [0.29, 0.717) is 12.1 Å². The predicted octanol–water partition coefficient (Wildman–Crippen LogP) is 0.648. The van der Waals surface area contributed by atoms with Crippen molar-refractivity contribution in [1.82, 2.24) is 13.3 Å². The van der Waals surface area contributed by atoms with E-state index in [1.807, 2.05) is 20.8 Å². The molecule has 1 heterocycles. The maximum absolute atomic E-state index is 12.1. The lowest BCUT2D eigenvalue weighted by Crippen LogP contribution is -2.34. The van der Waals surface area contributed by atoms with Crippen molar-refractivity contribution in [3.8, 4) is 0 Å². The normalized spacial score (nSPS) is 13.1. The van der Waals surface area contributed by atoms with Gasteiger partial charge >= 0.3 is 10.2 Å². The Morgan fingerprint density at radius 2 is 1.88 bits per heavy atom. The molecule has 1 rings (SSSR count). The Kier molecular flexibility index (Phi) is 3.45. The van der Waals surface area contributed by atoms with Gasteiger partial charge in [-0.15, -0.1) is 0 Å². The van der Waals surface area contributed by atoms with Gasteiger partial charge in [-0.2, -0.15) is 12.7 Å². The van der Waals surface area contributed by atoms with Crippen molar-refractivity contribution < 1.29 is 13.2 Å². The van der Waals surface area contributed by atoms with Crippen LogP contribution in [-0.2, 0) is 15.6 Å². The van der Waals surface area contributed by atoms with E-state index in [2.05, 4.69) is 4.98 Å². The van der Waals surface area contributed by atoms with Gasteiger partial charge in [-0.25, -0.2) is 8.96 Å². The summed E-state index contributed by atoms with van der Waals surface area (Å²) in [6.45, 7) is 5.52. The van der Waals surface area contributed by atoms with Gasteiger partial charge in [-0.3, -0.25) is 4.79 Å². The van der Waals surface area contributed by atoms with Crippen LogP contribution < -0.4 is 0 Å². The van der Waals surface area contributed by atoms with Gasteiger partial charge in [0.15, 0.2) is 6.29 Å². The number of hydrogen-bond donors (Lipinski definition) is 0. The molecule has 0 spiro atoms. The minimum absolute atomic E-state index is 0.0311. The van der Waals surface area contributed by atoms with Crippen molar-refractivity contribution in [3.05, 3.63) is 17.7 Å². The van der Waals surface area contributed by atoms with Gasteiger partial charge < -0.3 is 0 Å². The van der Waals surface area contributed by atoms with Crippen LogP contribution in [0.1, 0.15) is 37.1 Å². The topological polar surface area (TPSA) is 72.3 Å². The summed E-state index contributed by atoms with van der Waals surface area (Å²) in [5, 5.41) is 0. The van der Waals surface area contributed by atoms with Crippen LogP contribution >= 0.6 is 0 Å². The summed E-state index contributed by atoms with van der Waals surface area (Å²) in [6, 6.07) is 0. The minimum atomic E-state index is -3.73. The van der Waals surface area contributed by atoms with Crippen molar-refractivity contribution in [2.45, 2.75) is 26.2 Å². The number of hydrogen-bond acceptors (Lipinski definition) is 4. The van der Waals surface area contributed by atoms with Gasteiger partial charge in [-0.1, -0.05) is 20.8 Å². The molecule has 0 unspecified atom stereocenters. The second-order valence-electron chi connectivity index (χ2n) is 4.93. The lowest BCUT2D eigenvalue weighted by Gasteiger charge is -2.22. The first-order chi connectivity index (χ1) is 7.62. The van der Waals surface area contributed by atoms with Crippen molar-refractivity contribution in [1.29, 1.82) is 0 Å². The molecule has 0 aliphatic heterocycles. The fourth-order valence-electron chi connectivity index (χ4n) is 1.34. The van der Waals surface area contributed by atoms with Gasteiger partial charge in [0.25, 0.3) is 0 Å². The fraction of sp³-hybridized carbons (Fsp3) is 0.600. The Labute approximate surface area is 101 Å². The summed E-state index contributed by atoms with van der Waals surface area (Å²) < 4.78 is 26.3. The molecule has 0 aliphatic carbocycles. The molecule has 0 N–H and O–H groups in total. The average Bonchev–Trinajstić information content (AvgIpc) is 2.60. The number of carbonyl (C=O) groups is 1. The summed E-state index contributed by atoms with van der Waals surface area (Å²) in [7, 11) is -0.908.